The first kappa shape index (κ1) is 21.2. The van der Waals surface area contributed by atoms with Crippen molar-refractivity contribution in [1.29, 1.82) is 0 Å². The fraction of sp³-hybridized carbons (Fsp3) is 0.125. The van der Waals surface area contributed by atoms with Crippen LogP contribution in [0, 0.1) is 6.92 Å². The second kappa shape index (κ2) is 9.01. The van der Waals surface area contributed by atoms with Crippen molar-refractivity contribution in [3.63, 3.8) is 0 Å². The van der Waals surface area contributed by atoms with E-state index in [1.807, 2.05) is 24.3 Å². The highest BCUT2D eigenvalue weighted by Gasteiger charge is 2.14. The molecule has 1 N–H and O–H groups in total. The summed E-state index contributed by atoms with van der Waals surface area (Å²) in [4.78, 5) is 4.95. The number of hydrogen-bond acceptors (Lipinski definition) is 5. The number of benzene rings is 3. The lowest BCUT2D eigenvalue weighted by atomic mass is 10.1. The quantitative estimate of drug-likeness (QED) is 0.416. The van der Waals surface area contributed by atoms with E-state index in [9.17, 15) is 8.42 Å². The predicted molar refractivity (Wildman–Crippen MR) is 125 cm³/mol. The molecule has 4 aromatic rings. The minimum absolute atomic E-state index is 0.205. The number of hydrogen-bond donors (Lipinski definition) is 1. The Morgan fingerprint density at radius 2 is 1.55 bits per heavy atom. The normalized spacial score (nSPS) is 11.4. The van der Waals surface area contributed by atoms with E-state index in [-0.39, 0.29) is 11.4 Å². The van der Waals surface area contributed by atoms with Crippen LogP contribution in [0.2, 0.25) is 0 Å². The molecule has 0 spiro atoms. The summed E-state index contributed by atoms with van der Waals surface area (Å²) in [5.41, 5.74) is 5.15. The summed E-state index contributed by atoms with van der Waals surface area (Å²) in [6.07, 6.45) is 0. The Hall–Kier alpha value is -3.00. The zero-order valence-corrected chi connectivity index (χ0v) is 18.8. The van der Waals surface area contributed by atoms with Crippen LogP contribution in [0.5, 0.6) is 5.75 Å². The largest absolute Gasteiger partial charge is 0.497 e. The molecule has 0 atom stereocenters. The van der Waals surface area contributed by atoms with E-state index in [4.69, 9.17) is 9.72 Å². The van der Waals surface area contributed by atoms with Crippen molar-refractivity contribution < 1.29 is 13.2 Å². The molecule has 0 amide bonds. The Morgan fingerprint density at radius 1 is 0.903 bits per heavy atom. The third kappa shape index (κ3) is 5.02. The van der Waals surface area contributed by atoms with Gasteiger partial charge in [-0.15, -0.1) is 11.3 Å². The summed E-state index contributed by atoms with van der Waals surface area (Å²) in [6, 6.07) is 22.4. The van der Waals surface area contributed by atoms with E-state index in [1.54, 1.807) is 30.6 Å². The lowest BCUT2D eigenvalue weighted by Crippen LogP contribution is -2.23. The highest BCUT2D eigenvalue weighted by atomic mass is 32.2. The van der Waals surface area contributed by atoms with Crippen molar-refractivity contribution in [2.24, 2.45) is 0 Å². The second-order valence-electron chi connectivity index (χ2n) is 7.10. The van der Waals surface area contributed by atoms with Crippen LogP contribution >= 0.6 is 11.3 Å². The van der Waals surface area contributed by atoms with Gasteiger partial charge >= 0.3 is 0 Å². The van der Waals surface area contributed by atoms with Gasteiger partial charge in [0, 0.05) is 23.1 Å². The fourth-order valence-corrected chi connectivity index (χ4v) is 4.90. The first-order valence-electron chi connectivity index (χ1n) is 9.70. The van der Waals surface area contributed by atoms with Crippen molar-refractivity contribution >= 4 is 21.4 Å². The molecule has 1 heterocycles. The van der Waals surface area contributed by atoms with E-state index < -0.39 is 10.0 Å². The molecule has 0 saturated carbocycles. The smallest absolute Gasteiger partial charge is 0.240 e. The van der Waals surface area contributed by atoms with E-state index in [2.05, 4.69) is 41.3 Å². The molecule has 0 radical (unpaired) electrons. The van der Waals surface area contributed by atoms with Crippen LogP contribution in [0.4, 0.5) is 0 Å². The Labute approximate surface area is 186 Å². The topological polar surface area (TPSA) is 68.3 Å². The van der Waals surface area contributed by atoms with E-state index in [0.717, 1.165) is 27.4 Å². The number of methoxy groups -OCH3 is 1. The molecular weight excluding hydrogens is 428 g/mol. The van der Waals surface area contributed by atoms with Crippen molar-refractivity contribution in [3.05, 3.63) is 89.3 Å². The van der Waals surface area contributed by atoms with Gasteiger partial charge in [-0.3, -0.25) is 0 Å². The number of ether oxygens (including phenoxy) is 1. The molecule has 0 aliphatic heterocycles. The van der Waals surface area contributed by atoms with Crippen molar-refractivity contribution in [3.8, 4) is 27.6 Å². The highest BCUT2D eigenvalue weighted by Crippen LogP contribution is 2.29. The number of nitrogens with one attached hydrogen (secondary N) is 1. The zero-order chi connectivity index (χ0) is 21.8. The van der Waals surface area contributed by atoms with Gasteiger partial charge < -0.3 is 4.74 Å². The Balaban J connectivity index is 1.43. The number of aryl methyl sites for hydroxylation is 1. The maximum absolute atomic E-state index is 12.5. The van der Waals surface area contributed by atoms with Gasteiger partial charge in [-0.2, -0.15) is 0 Å². The maximum atomic E-state index is 12.5. The molecule has 0 bridgehead atoms. The predicted octanol–water partition coefficient (Wildman–Crippen LogP) is 5.27. The Bertz CT molecular complexity index is 1260. The Morgan fingerprint density at radius 3 is 2.19 bits per heavy atom. The molecular formula is C24H22N2O3S2. The van der Waals surface area contributed by atoms with Gasteiger partial charge in [-0.1, -0.05) is 54.1 Å². The SMILES string of the molecule is COc1ccc(S(=O)(=O)NCc2ccc(-c3nc(-c4ccc(C)cc4)cs3)cc2)cc1. The molecule has 4 rings (SSSR count). The van der Waals surface area contributed by atoms with Crippen molar-refractivity contribution in [2.45, 2.75) is 18.4 Å². The molecule has 0 saturated heterocycles. The summed E-state index contributed by atoms with van der Waals surface area (Å²) in [5, 5.41) is 2.98. The standard InChI is InChI=1S/C24H22N2O3S2/c1-17-3-7-19(8-4-17)23-16-30-24(26-23)20-9-5-18(6-10-20)15-25-31(27,28)22-13-11-21(29-2)12-14-22/h3-14,16,25H,15H2,1-2H3. The number of aromatic nitrogens is 1. The van der Waals surface area contributed by atoms with Crippen molar-refractivity contribution in [2.75, 3.05) is 7.11 Å². The van der Waals surface area contributed by atoms with Gasteiger partial charge in [-0.05, 0) is 36.8 Å². The van der Waals surface area contributed by atoms with Crippen LogP contribution in [0.15, 0.2) is 83.1 Å². The lowest BCUT2D eigenvalue weighted by Gasteiger charge is -2.08. The van der Waals surface area contributed by atoms with Crippen LogP contribution in [0.25, 0.3) is 21.8 Å². The summed E-state index contributed by atoms with van der Waals surface area (Å²) in [5.74, 6) is 0.613. The van der Waals surface area contributed by atoms with Crippen LogP contribution in [-0.2, 0) is 16.6 Å². The fourth-order valence-electron chi connectivity index (χ4n) is 3.04. The van der Waals surface area contributed by atoms with Crippen LogP contribution in [-0.4, -0.2) is 20.5 Å². The van der Waals surface area contributed by atoms with Crippen LogP contribution in [0.1, 0.15) is 11.1 Å². The summed E-state index contributed by atoms with van der Waals surface area (Å²) in [7, 11) is -2.05. The monoisotopic (exact) mass is 450 g/mol. The second-order valence-corrected chi connectivity index (χ2v) is 9.73. The van der Waals surface area contributed by atoms with E-state index >= 15 is 0 Å². The van der Waals surface area contributed by atoms with Crippen LogP contribution in [0.3, 0.4) is 0 Å². The first-order valence-corrected chi connectivity index (χ1v) is 12.1. The maximum Gasteiger partial charge on any atom is 0.240 e. The minimum atomic E-state index is -3.59. The lowest BCUT2D eigenvalue weighted by molar-refractivity contribution is 0.414. The molecule has 7 heteroatoms. The van der Waals surface area contributed by atoms with Gasteiger partial charge in [0.15, 0.2) is 0 Å². The van der Waals surface area contributed by atoms with Gasteiger partial charge in [0.1, 0.15) is 10.8 Å². The number of thiazole rings is 1. The Kier molecular flexibility index (Phi) is 6.18. The van der Waals surface area contributed by atoms with Gasteiger partial charge in [0.25, 0.3) is 0 Å². The molecule has 0 fully saturated rings. The molecule has 5 nitrogen and oxygen atoms in total. The molecule has 0 unspecified atom stereocenters. The molecule has 3 aromatic carbocycles. The zero-order valence-electron chi connectivity index (χ0n) is 17.2. The van der Waals surface area contributed by atoms with Crippen LogP contribution < -0.4 is 9.46 Å². The number of rotatable bonds is 7. The van der Waals surface area contributed by atoms with Gasteiger partial charge in [-0.25, -0.2) is 18.1 Å². The molecule has 158 valence electrons. The summed E-state index contributed by atoms with van der Waals surface area (Å²) < 4.78 is 32.7. The first-order chi connectivity index (χ1) is 14.9. The average molecular weight is 451 g/mol. The van der Waals surface area contributed by atoms with E-state index in [0.29, 0.717) is 5.75 Å². The number of sulfonamides is 1. The average Bonchev–Trinajstić information content (AvgIpc) is 3.29. The minimum Gasteiger partial charge on any atom is -0.497 e. The molecule has 0 aliphatic carbocycles. The van der Waals surface area contributed by atoms with Gasteiger partial charge in [0.05, 0.1) is 17.7 Å². The van der Waals surface area contributed by atoms with E-state index in [1.165, 1.54) is 17.7 Å². The van der Waals surface area contributed by atoms with Crippen molar-refractivity contribution in [1.82, 2.24) is 9.71 Å². The van der Waals surface area contributed by atoms with Gasteiger partial charge in [0.2, 0.25) is 10.0 Å². The summed E-state index contributed by atoms with van der Waals surface area (Å²) >= 11 is 1.59. The third-order valence-electron chi connectivity index (χ3n) is 4.89. The summed E-state index contributed by atoms with van der Waals surface area (Å²) in [6.45, 7) is 2.27. The molecule has 1 aromatic heterocycles. The molecule has 31 heavy (non-hydrogen) atoms. The number of nitrogens with zero attached hydrogens (tertiary/aromatic N) is 1. The third-order valence-corrected chi connectivity index (χ3v) is 7.20. The highest BCUT2D eigenvalue weighted by molar-refractivity contribution is 7.89. The molecule has 0 aliphatic rings.